The number of halogens is 5. The summed E-state index contributed by atoms with van der Waals surface area (Å²) in [6.07, 6.45) is 0.446. The number of aliphatic hydroxyl groups excluding tert-OH is 4. The number of anilines is 3. The normalized spacial score (nSPS) is 19.7. The van der Waals surface area contributed by atoms with E-state index in [1.54, 1.807) is 75.7 Å². The quantitative estimate of drug-likeness (QED) is 0.0105. The number of amides is 5. The molecule has 1 saturated carbocycles. The lowest BCUT2D eigenvalue weighted by atomic mass is 9.86. The number of fused-ring (bicyclic) bond motifs is 7. The Morgan fingerprint density at radius 1 is 0.890 bits per heavy atom. The van der Waals surface area contributed by atoms with Gasteiger partial charge in [0.05, 0.1) is 35.6 Å². The number of para-hydroxylation sites is 2. The van der Waals surface area contributed by atoms with E-state index in [1.807, 2.05) is 55.2 Å². The number of nitrogens with two attached hydrogens (primary N) is 5. The number of carbonyl (C=O) groups excluding carboxylic acids is 6. The summed E-state index contributed by atoms with van der Waals surface area (Å²) < 4.78 is 66.6. The van der Waals surface area contributed by atoms with Crippen LogP contribution in [-0.4, -0.2) is 208 Å². The molecule has 6 aliphatic rings. The van der Waals surface area contributed by atoms with Crippen LogP contribution >= 0.6 is 30.9 Å². The number of aromatic amines is 2. The van der Waals surface area contributed by atoms with Gasteiger partial charge in [-0.05, 0) is 98.5 Å². The number of phenols is 1. The van der Waals surface area contributed by atoms with Crippen molar-refractivity contribution in [3.05, 3.63) is 213 Å². The smallest absolute Gasteiger partial charge is 0.458 e. The number of cyclic esters (lactones) is 1. The van der Waals surface area contributed by atoms with Gasteiger partial charge in [-0.2, -0.15) is 9.37 Å². The number of benzene rings is 4. The molecule has 3 fully saturated rings. The molecule has 10 heterocycles. The molecule has 22 N–H and O–H groups in total. The fraction of sp³-hybridized carbons (Fsp3) is 0.392. The molecule has 127 heavy (non-hydrogen) atoms. The van der Waals surface area contributed by atoms with Crippen molar-refractivity contribution in [3.8, 4) is 17.1 Å². The van der Waals surface area contributed by atoms with Gasteiger partial charge < -0.3 is 98.1 Å². The highest BCUT2D eigenvalue weighted by atomic mass is 35.5. The Balaban J connectivity index is 0.000000185. The van der Waals surface area contributed by atoms with Crippen LogP contribution in [0.4, 0.5) is 30.6 Å². The zero-order valence-electron chi connectivity index (χ0n) is 68.3. The maximum absolute atomic E-state index is 13.8. The summed E-state index contributed by atoms with van der Waals surface area (Å²) in [7, 11) is -2.84. The Hall–Kier alpha value is -12.4. The number of rotatable bonds is 18. The van der Waals surface area contributed by atoms with Crippen LogP contribution in [0.1, 0.15) is 104 Å². The minimum atomic E-state index is -3.49. The number of alkyl halides is 4. The van der Waals surface area contributed by atoms with Crippen LogP contribution in [0.25, 0.3) is 33.3 Å². The molecule has 1 aliphatic carbocycles. The number of H-pyrrole nitrogens is 2. The van der Waals surface area contributed by atoms with Gasteiger partial charge in [0, 0.05) is 120 Å². The molecule has 0 bridgehead atoms. The average molecular weight is 1840 g/mol. The second-order valence-corrected chi connectivity index (χ2v) is 32.3. The number of aliphatic carboxylic acids is 1. The highest BCUT2D eigenvalue weighted by Gasteiger charge is 2.58. The number of primary amides is 1. The number of nitrogen functional groups attached to an aromatic ring is 3. The fourth-order valence-corrected chi connectivity index (χ4v) is 16.4. The summed E-state index contributed by atoms with van der Waals surface area (Å²) >= 11 is 11.2. The van der Waals surface area contributed by atoms with Crippen LogP contribution in [0.15, 0.2) is 141 Å². The first-order valence-corrected chi connectivity index (χ1v) is 41.7. The third-order valence-electron chi connectivity index (χ3n) is 20.3. The number of ether oxygens (including phenoxy) is 1. The third kappa shape index (κ3) is 24.6. The average Bonchev–Trinajstić information content (AvgIpc) is 1.60. The van der Waals surface area contributed by atoms with Gasteiger partial charge >= 0.3 is 36.9 Å². The van der Waals surface area contributed by atoms with E-state index in [9.17, 15) is 101 Å². The fourth-order valence-electron chi connectivity index (χ4n) is 13.7. The molecule has 5 aromatic heterocycles. The molecule has 48 heteroatoms. The highest BCUT2D eigenvalue weighted by molar-refractivity contribution is 7.54. The molecule has 9 aromatic rings. The monoisotopic (exact) mass is 1840 g/mol. The van der Waals surface area contributed by atoms with E-state index in [0.717, 1.165) is 40.4 Å². The third-order valence-corrected chi connectivity index (χ3v) is 22.9. The van der Waals surface area contributed by atoms with Gasteiger partial charge in [0.25, 0.3) is 34.4 Å². The topological polar surface area (TPSA) is 672 Å². The lowest BCUT2D eigenvalue weighted by Gasteiger charge is -2.33. The van der Waals surface area contributed by atoms with Gasteiger partial charge in [0.1, 0.15) is 55.1 Å². The van der Waals surface area contributed by atoms with Crippen molar-refractivity contribution in [3.63, 3.8) is 0 Å². The maximum Gasteiger partial charge on any atom is 0.458 e. The summed E-state index contributed by atoms with van der Waals surface area (Å²) in [5.41, 5.74) is 28.2. The Labute approximate surface area is 728 Å². The molecule has 2 saturated heterocycles. The second kappa shape index (κ2) is 44.7. The second-order valence-electron chi connectivity index (χ2n) is 29.4. The van der Waals surface area contributed by atoms with Crippen LogP contribution < -0.4 is 76.5 Å². The summed E-state index contributed by atoms with van der Waals surface area (Å²) in [5.74, 6) is -8.97. The van der Waals surface area contributed by atoms with Crippen molar-refractivity contribution >= 4 is 112 Å². The number of piperidine rings is 1. The number of aromatic nitrogens is 9. The van der Waals surface area contributed by atoms with E-state index in [0.29, 0.717) is 124 Å². The number of pyridine rings is 2. The van der Waals surface area contributed by atoms with Crippen molar-refractivity contribution < 1.29 is 106 Å². The standard InChI is InChI=1S/C20H16N2O5.C16H24N2O4.C13H13N3O3.C10H13F2N3O3.C7H15Cl2N2O2P.C7H6N4O2.C4H3FN2O2.C2H5NO2/c1-2-20(26)13-7-15-17-10(6-11-14(21-17)4-3-5-16(11)23)8-22(15)18(24)12(13)9-27-19(20)25;1-10(2)8-13(16(21)22)18-15(20)14(19)12(17)9-11-6-4-3-5-7-11;14-9-3-1-2-7-8(9)6-16(13(7)19)10-4-5-11(17)15-12(10)18;11-10(12)6(3-5(4-16)8(10)17)15-2-1-7(13)14-9(15)18;8-2-5-11(6-3-9)14(12)10-4-1-7-13-14;8-7-9-11(13)6-4-2-1-3-5(6)10(7)12;5-2-1-6-4(9)7-3(2)8;3-2(5)1-4/h3-7,23,26H,2,8-9H2,1H3;3-7,10,12-14,19H,8-9,17H2,1-2H3,(H,18,20)(H,21,22);1-3,10H,4-6,14H2,(H,15,17,18);1-2,5-6,8,16-17H,3-4H2,(H2,13,14,18);1-7H2,(H,10,12);1-4H,(H2,8,9);1H,(H2,6,7,8,9);4H,1H2,(H2,3,5)/t20-;12?,13-,14-;;5-,6?,8-;;;;/m00.1..../s1. The van der Waals surface area contributed by atoms with E-state index < -0.39 is 127 Å². The molecule has 0 radical (unpaired) electrons. The summed E-state index contributed by atoms with van der Waals surface area (Å²) in [5, 5.41) is 99.8. The highest BCUT2D eigenvalue weighted by Crippen LogP contribution is 2.49. The van der Waals surface area contributed by atoms with E-state index >= 15 is 0 Å². The van der Waals surface area contributed by atoms with Crippen molar-refractivity contribution in [2.75, 3.05) is 68.4 Å². The summed E-state index contributed by atoms with van der Waals surface area (Å²) in [4.78, 5) is 138. The van der Waals surface area contributed by atoms with Gasteiger partial charge in [-0.1, -0.05) is 75.4 Å². The van der Waals surface area contributed by atoms with Gasteiger partial charge in [0.15, 0.2) is 11.1 Å². The van der Waals surface area contributed by atoms with E-state index in [4.69, 9.17) is 70.7 Å². The number of aromatic hydroxyl groups is 1. The Morgan fingerprint density at radius 3 is 2.13 bits per heavy atom. The van der Waals surface area contributed by atoms with Crippen LogP contribution in [0.2, 0.25) is 0 Å². The van der Waals surface area contributed by atoms with Gasteiger partial charge in [-0.15, -0.1) is 23.2 Å². The molecular formula is C79H95Cl2F3N19O23P. The number of carboxylic acid groups (broad SMARTS) is 1. The number of hydrogen-bond donors (Lipinski definition) is 17. The predicted octanol–water partition coefficient (Wildman–Crippen LogP) is 0.357. The Kier molecular flexibility index (Phi) is 35.2. The number of aliphatic hydroxyl groups is 5. The van der Waals surface area contributed by atoms with Crippen LogP contribution in [0.3, 0.4) is 0 Å². The molecule has 684 valence electrons. The van der Waals surface area contributed by atoms with Crippen molar-refractivity contribution in [2.24, 2.45) is 23.3 Å². The van der Waals surface area contributed by atoms with Crippen molar-refractivity contribution in [1.29, 1.82) is 0 Å². The molecular weight excluding hydrogens is 1740 g/mol. The van der Waals surface area contributed by atoms with E-state index in [2.05, 4.69) is 36.5 Å². The molecule has 4 unspecified atom stereocenters. The minimum Gasteiger partial charge on any atom is -0.739 e. The van der Waals surface area contributed by atoms with E-state index in [-0.39, 0.29) is 77.7 Å². The summed E-state index contributed by atoms with van der Waals surface area (Å²) in [6.45, 7) is 7.07. The van der Waals surface area contributed by atoms with Crippen LogP contribution in [0.5, 0.6) is 5.75 Å². The SMILES string of the molecule is CC(C)C[C@H](NC(=O)[C@@H](O)C(N)Cc1ccccc1)C(=O)O.CC[C@@]1(O)C(=O)OCc2c1cc1n(c2=O)Cc2cc3c(O)cccc3nc2-1.NC(=O)CO.Nc1cccc2c1CN(C1CCC(=O)NC1=O)C2=O.Nc1ccn(C2C[C@H](CO)[C@@H](O)C2(F)F)c(=O)n1.Nc1n[n+]([O-])c2ccccc2[n+]1[O-].O=P1(N(CCCl)CCCl)NCCCO1.O=c1[nH]cc(F)c(=O)[nH]1. The van der Waals surface area contributed by atoms with Gasteiger partial charge in [0.2, 0.25) is 28.6 Å². The number of carbonyl (C=O) groups is 7. The molecule has 9 atom stereocenters. The zero-order chi connectivity index (χ0) is 93.7. The molecule has 5 amide bonds. The predicted molar refractivity (Wildman–Crippen MR) is 452 cm³/mol. The Bertz CT molecular complexity index is 5770. The zero-order valence-corrected chi connectivity index (χ0v) is 70.7. The summed E-state index contributed by atoms with van der Waals surface area (Å²) in [6, 6.07) is 26.6. The van der Waals surface area contributed by atoms with E-state index in [1.165, 1.54) is 23.1 Å². The van der Waals surface area contributed by atoms with Crippen molar-refractivity contribution in [2.45, 2.75) is 133 Å². The number of phenolic OH excluding ortho intramolecular Hbond substituents is 1. The number of hydrogen-bond acceptors (Lipinski definition) is 29. The molecule has 5 aliphatic heterocycles. The lowest BCUT2D eigenvalue weighted by Crippen LogP contribution is -2.52. The number of nitrogens with one attached hydrogen (secondary N) is 5. The minimum absolute atomic E-state index is 0.0585. The maximum atomic E-state index is 13.8. The lowest BCUT2D eigenvalue weighted by molar-refractivity contribution is -0.672. The first-order chi connectivity index (χ1) is 60.1. The first-order valence-electron chi connectivity index (χ1n) is 39.0. The number of nitrogens with zero attached hydrogens (tertiary/aromatic N) is 9. The van der Waals surface area contributed by atoms with Crippen molar-refractivity contribution in [1.82, 2.24) is 59.5 Å². The number of carboxylic acids is 1. The molecule has 4 aromatic carbocycles. The largest absolute Gasteiger partial charge is 0.739 e. The van der Waals surface area contributed by atoms with Crippen LogP contribution in [-0.2, 0) is 74.3 Å². The van der Waals surface area contributed by atoms with Gasteiger partial charge in [-0.3, -0.25) is 58.7 Å². The number of esters is 1. The first kappa shape index (κ1) is 100. The van der Waals surface area contributed by atoms with Crippen LogP contribution in [0, 0.1) is 28.1 Å². The molecule has 15 rings (SSSR count). The molecule has 0 spiro atoms. The van der Waals surface area contributed by atoms with Gasteiger partial charge in [-0.25, -0.2) is 47.4 Å². The number of imide groups is 1. The Morgan fingerprint density at radius 2 is 1.55 bits per heavy atom. The molecule has 42 nitrogen and oxygen atoms in total.